The van der Waals surface area contributed by atoms with Gasteiger partial charge in [0, 0.05) is 6.54 Å². The molecule has 18 heavy (non-hydrogen) atoms. The number of nitrogens with one attached hydrogen (secondary N) is 2. The van der Waals surface area contributed by atoms with Crippen LogP contribution in [0, 0.1) is 0 Å². The van der Waals surface area contributed by atoms with Gasteiger partial charge in [-0.2, -0.15) is 0 Å². The molecule has 1 atom stereocenters. The number of hydrogen-bond donors (Lipinski definition) is 3. The van der Waals surface area contributed by atoms with Gasteiger partial charge in [-0.3, -0.25) is 9.59 Å². The van der Waals surface area contributed by atoms with E-state index in [0.717, 1.165) is 5.56 Å². The highest BCUT2D eigenvalue weighted by atomic mass is 16.5. The lowest BCUT2D eigenvalue weighted by atomic mass is 10.1. The first-order chi connectivity index (χ1) is 8.60. The zero-order valence-electron chi connectivity index (χ0n) is 10.0. The summed E-state index contributed by atoms with van der Waals surface area (Å²) in [6.45, 7) is 2.02. The monoisotopic (exact) mass is 249 g/mol. The van der Waals surface area contributed by atoms with Crippen LogP contribution in [0.25, 0.3) is 0 Å². The van der Waals surface area contributed by atoms with Gasteiger partial charge in [0.2, 0.25) is 5.91 Å². The Morgan fingerprint density at radius 3 is 3.06 bits per heavy atom. The molecular weight excluding hydrogens is 234 g/mol. The maximum absolute atomic E-state index is 11.5. The van der Waals surface area contributed by atoms with E-state index in [0.29, 0.717) is 18.0 Å². The molecular formula is C12H15N3O3. The van der Waals surface area contributed by atoms with Gasteiger partial charge in [0.1, 0.15) is 5.75 Å². The van der Waals surface area contributed by atoms with E-state index in [9.17, 15) is 9.59 Å². The van der Waals surface area contributed by atoms with Gasteiger partial charge in [-0.05, 0) is 24.6 Å². The minimum Gasteiger partial charge on any atom is -0.479 e. The Morgan fingerprint density at radius 1 is 1.56 bits per heavy atom. The van der Waals surface area contributed by atoms with Crippen LogP contribution in [-0.4, -0.2) is 24.5 Å². The minimum absolute atomic E-state index is 0.0394. The smallest absolute Gasteiger partial charge is 0.265 e. The van der Waals surface area contributed by atoms with Crippen molar-refractivity contribution in [3.05, 3.63) is 23.8 Å². The zero-order valence-corrected chi connectivity index (χ0v) is 10.0. The number of nitrogens with two attached hydrogens (primary N) is 1. The first-order valence-electron chi connectivity index (χ1n) is 5.67. The minimum atomic E-state index is -0.486. The third-order valence-corrected chi connectivity index (χ3v) is 2.65. The van der Waals surface area contributed by atoms with E-state index in [1.165, 1.54) is 0 Å². The van der Waals surface area contributed by atoms with Crippen molar-refractivity contribution >= 4 is 17.5 Å². The predicted molar refractivity (Wildman–Crippen MR) is 66.1 cm³/mol. The maximum Gasteiger partial charge on any atom is 0.265 e. The average molecular weight is 249 g/mol. The summed E-state index contributed by atoms with van der Waals surface area (Å²) in [5, 5.41) is 5.41. The third kappa shape index (κ3) is 2.60. The van der Waals surface area contributed by atoms with Crippen LogP contribution < -0.4 is 21.1 Å². The van der Waals surface area contributed by atoms with Crippen LogP contribution in [0.1, 0.15) is 12.5 Å². The SMILES string of the molecule is CC1Oc2ccc(CNC(=O)CN)cc2NC1=O. The Kier molecular flexibility index (Phi) is 3.47. The Hall–Kier alpha value is -2.08. The molecule has 0 aliphatic carbocycles. The van der Waals surface area contributed by atoms with Crippen molar-refractivity contribution in [1.29, 1.82) is 0 Å². The molecule has 6 nitrogen and oxygen atoms in total. The number of fused-ring (bicyclic) bond motifs is 1. The highest BCUT2D eigenvalue weighted by Gasteiger charge is 2.23. The second-order valence-corrected chi connectivity index (χ2v) is 4.06. The molecule has 0 bridgehead atoms. The van der Waals surface area contributed by atoms with E-state index >= 15 is 0 Å². The summed E-state index contributed by atoms with van der Waals surface area (Å²) >= 11 is 0. The number of rotatable bonds is 3. The Balaban J connectivity index is 2.10. The fourth-order valence-electron chi connectivity index (χ4n) is 1.64. The Labute approximate surface area is 104 Å². The second-order valence-electron chi connectivity index (χ2n) is 4.06. The van der Waals surface area contributed by atoms with Crippen molar-refractivity contribution in [2.75, 3.05) is 11.9 Å². The molecule has 1 heterocycles. The quantitative estimate of drug-likeness (QED) is 0.702. The van der Waals surface area contributed by atoms with Crippen molar-refractivity contribution in [1.82, 2.24) is 5.32 Å². The molecule has 2 amide bonds. The highest BCUT2D eigenvalue weighted by molar-refractivity contribution is 5.97. The molecule has 0 saturated heterocycles. The lowest BCUT2D eigenvalue weighted by Gasteiger charge is -2.23. The van der Waals surface area contributed by atoms with E-state index in [1.807, 2.05) is 6.07 Å². The predicted octanol–water partition coefficient (Wildman–Crippen LogP) is -0.0191. The van der Waals surface area contributed by atoms with Crippen LogP contribution >= 0.6 is 0 Å². The number of ether oxygens (including phenoxy) is 1. The van der Waals surface area contributed by atoms with Crippen LogP contribution in [0.2, 0.25) is 0 Å². The summed E-state index contributed by atoms with van der Waals surface area (Å²) in [7, 11) is 0. The lowest BCUT2D eigenvalue weighted by molar-refractivity contribution is -0.122. The van der Waals surface area contributed by atoms with Crippen LogP contribution in [0.4, 0.5) is 5.69 Å². The first kappa shape index (κ1) is 12.4. The van der Waals surface area contributed by atoms with Crippen molar-refractivity contribution in [2.45, 2.75) is 19.6 Å². The summed E-state index contributed by atoms with van der Waals surface area (Å²) in [5.74, 6) is 0.239. The Bertz CT molecular complexity index is 487. The molecule has 1 unspecified atom stereocenters. The summed E-state index contributed by atoms with van der Waals surface area (Å²) in [5.41, 5.74) is 6.68. The van der Waals surface area contributed by atoms with Crippen LogP contribution in [-0.2, 0) is 16.1 Å². The Morgan fingerprint density at radius 2 is 2.33 bits per heavy atom. The van der Waals surface area contributed by atoms with Crippen LogP contribution in [0.15, 0.2) is 18.2 Å². The number of carbonyl (C=O) groups excluding carboxylic acids is 2. The number of amides is 2. The number of benzene rings is 1. The molecule has 1 aromatic rings. The van der Waals surface area contributed by atoms with Gasteiger partial charge in [-0.15, -0.1) is 0 Å². The standard InChI is InChI=1S/C12H15N3O3/c1-7-12(17)15-9-4-8(2-3-10(9)18-7)6-14-11(16)5-13/h2-4,7H,5-6,13H2,1H3,(H,14,16)(H,15,17). The van der Waals surface area contributed by atoms with E-state index in [4.69, 9.17) is 10.5 Å². The van der Waals surface area contributed by atoms with Gasteiger partial charge < -0.3 is 21.1 Å². The van der Waals surface area contributed by atoms with Crippen LogP contribution in [0.3, 0.4) is 0 Å². The molecule has 0 saturated carbocycles. The normalized spacial score (nSPS) is 17.4. The summed E-state index contributed by atoms with van der Waals surface area (Å²) in [4.78, 5) is 22.5. The lowest BCUT2D eigenvalue weighted by Crippen LogP contribution is -2.34. The largest absolute Gasteiger partial charge is 0.479 e. The molecule has 0 spiro atoms. The van der Waals surface area contributed by atoms with Crippen molar-refractivity contribution in [3.63, 3.8) is 0 Å². The molecule has 4 N–H and O–H groups in total. The first-order valence-corrected chi connectivity index (χ1v) is 5.67. The van der Waals surface area contributed by atoms with E-state index in [1.54, 1.807) is 19.1 Å². The summed E-state index contributed by atoms with van der Waals surface area (Å²) in [6.07, 6.45) is -0.486. The van der Waals surface area contributed by atoms with Gasteiger partial charge in [0.25, 0.3) is 5.91 Å². The summed E-state index contributed by atoms with van der Waals surface area (Å²) < 4.78 is 5.43. The average Bonchev–Trinajstić information content (AvgIpc) is 2.37. The van der Waals surface area contributed by atoms with Crippen molar-refractivity contribution < 1.29 is 14.3 Å². The van der Waals surface area contributed by atoms with E-state index in [-0.39, 0.29) is 18.4 Å². The topological polar surface area (TPSA) is 93.4 Å². The van der Waals surface area contributed by atoms with Gasteiger partial charge in [-0.25, -0.2) is 0 Å². The van der Waals surface area contributed by atoms with Gasteiger partial charge in [0.05, 0.1) is 12.2 Å². The molecule has 1 aromatic carbocycles. The molecule has 0 radical (unpaired) electrons. The number of hydrogen-bond acceptors (Lipinski definition) is 4. The molecule has 6 heteroatoms. The third-order valence-electron chi connectivity index (χ3n) is 2.65. The maximum atomic E-state index is 11.5. The second kappa shape index (κ2) is 5.05. The van der Waals surface area contributed by atoms with Crippen molar-refractivity contribution in [3.8, 4) is 5.75 Å². The molecule has 96 valence electrons. The molecule has 0 aromatic heterocycles. The number of carbonyl (C=O) groups is 2. The molecule has 1 aliphatic rings. The van der Waals surface area contributed by atoms with Crippen LogP contribution in [0.5, 0.6) is 5.75 Å². The summed E-state index contributed by atoms with van der Waals surface area (Å²) in [6, 6.07) is 5.38. The molecule has 1 aliphatic heterocycles. The highest BCUT2D eigenvalue weighted by Crippen LogP contribution is 2.30. The zero-order chi connectivity index (χ0) is 13.1. The van der Waals surface area contributed by atoms with Crippen molar-refractivity contribution in [2.24, 2.45) is 5.73 Å². The fraction of sp³-hybridized carbons (Fsp3) is 0.333. The fourth-order valence-corrected chi connectivity index (χ4v) is 1.64. The molecule has 0 fully saturated rings. The van der Waals surface area contributed by atoms with Gasteiger partial charge in [0.15, 0.2) is 6.10 Å². The van der Waals surface area contributed by atoms with E-state index in [2.05, 4.69) is 10.6 Å². The van der Waals surface area contributed by atoms with Gasteiger partial charge in [-0.1, -0.05) is 6.07 Å². The van der Waals surface area contributed by atoms with Gasteiger partial charge >= 0.3 is 0 Å². The molecule has 2 rings (SSSR count). The number of anilines is 1. The van der Waals surface area contributed by atoms with E-state index < -0.39 is 6.10 Å².